The lowest BCUT2D eigenvalue weighted by molar-refractivity contribution is -0.148. The minimum atomic E-state index is -0.637. The summed E-state index contributed by atoms with van der Waals surface area (Å²) in [5.74, 6) is -12.0. The van der Waals surface area contributed by atoms with E-state index in [0.29, 0.717) is 62.9 Å². The van der Waals surface area contributed by atoms with Crippen molar-refractivity contribution in [3.8, 4) is 0 Å². The van der Waals surface area contributed by atoms with E-state index in [1.807, 2.05) is 93.5 Å². The van der Waals surface area contributed by atoms with Gasteiger partial charge in [-0.25, -0.2) is 0 Å². The second kappa shape index (κ2) is 39.6. The van der Waals surface area contributed by atoms with Gasteiger partial charge in [0.25, 0.3) is 57.7 Å². The van der Waals surface area contributed by atoms with Crippen LogP contribution in [0.2, 0.25) is 0 Å². The molecule has 144 heavy (non-hydrogen) atoms. The third-order valence-electron chi connectivity index (χ3n) is 29.8. The first-order chi connectivity index (χ1) is 67.1. The van der Waals surface area contributed by atoms with Crippen LogP contribution in [-0.4, -0.2) is 225 Å². The predicted molar refractivity (Wildman–Crippen MR) is 528 cm³/mol. The topological polar surface area (TPSA) is 461 Å². The van der Waals surface area contributed by atoms with E-state index in [9.17, 15) is 115 Å². The summed E-state index contributed by atoms with van der Waals surface area (Å²) in [5, 5.41) is 3.84. The van der Waals surface area contributed by atoms with Gasteiger partial charge in [0, 0.05) is 123 Å². The van der Waals surface area contributed by atoms with Crippen LogP contribution in [0.4, 0.5) is 0 Å². The fourth-order valence-electron chi connectivity index (χ4n) is 23.5. The number of nitrogens with one attached hydrogen (secondary N) is 1. The first-order valence-corrected chi connectivity index (χ1v) is 50.1. The number of aromatic nitrogens is 2. The highest BCUT2D eigenvalue weighted by molar-refractivity contribution is 6.34. The van der Waals surface area contributed by atoms with Crippen molar-refractivity contribution in [2.45, 2.75) is 292 Å². The maximum atomic E-state index is 12.8. The molecule has 36 heteroatoms. The lowest BCUT2D eigenvalue weighted by Crippen LogP contribution is -2.50. The Labute approximate surface area is 834 Å². The van der Waals surface area contributed by atoms with Crippen LogP contribution in [0, 0.1) is 94.7 Å². The van der Waals surface area contributed by atoms with Crippen LogP contribution < -0.4 is 27.6 Å². The van der Waals surface area contributed by atoms with Gasteiger partial charge in [-0.3, -0.25) is 174 Å². The van der Waals surface area contributed by atoms with E-state index in [0.717, 1.165) is 14.7 Å². The standard InChI is InChI=1S/C18H22N2O4.C17H12N2O4.C16H16N2O4.2C15H20N2O4.C14H17NO2.C10H17NO2.C3H8/c1-7(2)19-15(21)11-9-5-6-10(12(11)16(19)22)14-13(9)17(23)20(8(3)4)18(14)24;1-7(2)19-16(22)10-5-3-8-12-9(15(21)18-14(8)20)4-6-11(13(10)12)17(19)23;1-7(2)17-13(19)9-5-11-12(6-10(9)14(17)20)16(22)18(8(3)4)15(11)21;1-6(2)16-11(18)7-8(12(16)19)10-9(7)13(20)17(14(10)21)15(3,4)5;1-6(2)16-12(18)8-5-9-11(10(8)14(16)20)15(21)17(7(3)4)13(9)19;1-8(2)10-5-6-11-12(7-10)14(17)15(9(3)4)13(11)16;1-6(2)8-5-9(12)11(7(3)4)10(8)13;1-3-2/h5-14H,1-4H3;3-7H,1-2H3,(H,18,20,21);5-8H,1-4H3;6-10H,1-5H3;6-11H,5H2,1-4H3;5-9H,1-4H3;6-8H,5H2,1-4H3;3H2,1-2H3. The summed E-state index contributed by atoms with van der Waals surface area (Å²) in [6, 6.07) is 12.5. The highest BCUT2D eigenvalue weighted by Crippen LogP contribution is 2.60. The average molecular weight is 1980 g/mol. The van der Waals surface area contributed by atoms with Gasteiger partial charge >= 0.3 is 0 Å². The van der Waals surface area contributed by atoms with Gasteiger partial charge in [0.05, 0.1) is 104 Å². The summed E-state index contributed by atoms with van der Waals surface area (Å²) >= 11 is 0. The largest absolute Gasteiger partial charge is 0.288 e. The fourth-order valence-corrected chi connectivity index (χ4v) is 23.5. The Hall–Kier alpha value is -13.4. The molecule has 0 spiro atoms. The van der Waals surface area contributed by atoms with Crippen LogP contribution >= 0.6 is 0 Å². The lowest BCUT2D eigenvalue weighted by atomic mass is 9.54. The van der Waals surface area contributed by atoms with Gasteiger partial charge in [-0.1, -0.05) is 66.2 Å². The van der Waals surface area contributed by atoms with E-state index in [-0.39, 0.29) is 200 Å². The molecule has 2 bridgehead atoms. The number of hydrogen-bond acceptors (Lipinski definition) is 24. The summed E-state index contributed by atoms with van der Waals surface area (Å²) in [5.41, 5.74) is 1.19. The molecule has 13 unspecified atom stereocenters. The Balaban J connectivity index is 0.000000141. The summed E-state index contributed by atoms with van der Waals surface area (Å²) in [6.07, 6.45) is 5.78. The van der Waals surface area contributed by atoms with E-state index >= 15 is 0 Å². The number of imide groups is 10. The number of rotatable bonds is 12. The van der Waals surface area contributed by atoms with Crippen molar-refractivity contribution >= 4 is 150 Å². The van der Waals surface area contributed by atoms with Crippen LogP contribution in [0.5, 0.6) is 0 Å². The number of likely N-dealkylation sites (tertiary alicyclic amines) is 7. The summed E-state index contributed by atoms with van der Waals surface area (Å²) in [7, 11) is 0. The molecule has 13 atom stereocenters. The van der Waals surface area contributed by atoms with Crippen molar-refractivity contribution in [3.63, 3.8) is 0 Å². The number of benzene rings is 4. The highest BCUT2D eigenvalue weighted by Gasteiger charge is 2.75. The lowest BCUT2D eigenvalue weighted by Gasteiger charge is -2.44. The molecule has 768 valence electrons. The monoisotopic (exact) mass is 1980 g/mol. The number of fused-ring (bicyclic) bond motifs is 10. The Bertz CT molecular complexity index is 6370. The molecule has 10 fully saturated rings. The van der Waals surface area contributed by atoms with Crippen molar-refractivity contribution < 1.29 is 95.9 Å². The van der Waals surface area contributed by atoms with E-state index < -0.39 is 122 Å². The van der Waals surface area contributed by atoms with Gasteiger partial charge in [-0.05, 0) is 232 Å². The second-order valence-corrected chi connectivity index (χ2v) is 44.1. The molecule has 0 radical (unpaired) electrons. The Kier molecular flexibility index (Phi) is 29.6. The smallest absolute Gasteiger partial charge is 0.261 e. The van der Waals surface area contributed by atoms with Gasteiger partial charge in [0.2, 0.25) is 82.7 Å². The predicted octanol–water partition coefficient (Wildman–Crippen LogP) is 10.1. The van der Waals surface area contributed by atoms with Crippen molar-refractivity contribution in [2.75, 3.05) is 0 Å². The van der Waals surface area contributed by atoms with Gasteiger partial charge in [0.1, 0.15) is 0 Å². The molecule has 12 heterocycles. The minimum absolute atomic E-state index is 0.00347. The summed E-state index contributed by atoms with van der Waals surface area (Å²) < 4.78 is 2.30. The first-order valence-electron chi connectivity index (χ1n) is 50.1. The number of carbonyl (C=O) groups excluding carboxylic acids is 20. The Morgan fingerprint density at radius 3 is 0.847 bits per heavy atom. The Morgan fingerprint density at radius 1 is 0.292 bits per heavy atom. The maximum absolute atomic E-state index is 12.8. The average Bonchev–Trinajstić information content (AvgIpc) is 1.51. The van der Waals surface area contributed by atoms with E-state index in [1.54, 1.807) is 122 Å². The normalized spacial score (nSPS) is 25.6. The molecule has 20 amide bonds. The molecule has 10 aliphatic heterocycles. The third kappa shape index (κ3) is 17.2. The number of allylic oxidation sites excluding steroid dienone is 2. The molecule has 5 aliphatic carbocycles. The highest BCUT2D eigenvalue weighted by atomic mass is 16.2. The van der Waals surface area contributed by atoms with Crippen LogP contribution in [0.3, 0.4) is 0 Å². The number of carbonyl (C=O) groups is 20. The molecule has 1 N–H and O–H groups in total. The number of nitrogens with zero attached hydrogens (tertiary/aromatic N) is 11. The van der Waals surface area contributed by atoms with E-state index in [4.69, 9.17) is 0 Å². The molecule has 7 saturated heterocycles. The SMILES string of the molecule is CC(C)C1CC(=O)N(C(C)C)C1=O.CC(C)N1C(=O)C2C(C1=O)C1C(=O)N(C(C)(C)C)C(=O)C21.CC(C)N1C(=O)C2C3C=CC(C2C1=O)C1C(=O)N(C(C)C)C(=O)C31.CC(C)N1C(=O)C2CC3C(=O)N(C(C)C)C(=O)C3C2C1=O.CC(C)N1C(=O)c2ccc3c4c(ccc(c24)C1=O)C(=O)NC3=O.CC(C)c1ccc2c(c1)C(=O)N(C(C)C)C2=O.CC(C)n1c(=O)c2cc3c(=O)n(C(C)C)c(=O)c3cc2c1=O.CCC. The molecular weight excluding hydrogens is 1850 g/mol. The van der Waals surface area contributed by atoms with Crippen LogP contribution in [-0.2, 0) is 67.1 Å². The molecule has 3 saturated carbocycles. The number of hydrogen-bond donors (Lipinski definition) is 1. The molecule has 36 nitrogen and oxygen atoms in total. The van der Waals surface area contributed by atoms with Crippen molar-refractivity contribution in [1.82, 2.24) is 58.6 Å². The molecule has 2 aromatic heterocycles. The first kappa shape index (κ1) is 108. The Morgan fingerprint density at radius 2 is 0.562 bits per heavy atom. The van der Waals surface area contributed by atoms with Crippen molar-refractivity contribution in [2.24, 2.45) is 94.7 Å². The van der Waals surface area contributed by atoms with Crippen molar-refractivity contribution in [1.29, 1.82) is 0 Å². The van der Waals surface area contributed by atoms with Gasteiger partial charge in [0.15, 0.2) is 0 Å². The van der Waals surface area contributed by atoms with Crippen LogP contribution in [0.25, 0.3) is 32.3 Å². The minimum Gasteiger partial charge on any atom is -0.288 e. The van der Waals surface area contributed by atoms with Crippen LogP contribution in [0.1, 0.15) is 306 Å². The van der Waals surface area contributed by atoms with Gasteiger partial charge in [-0.15, -0.1) is 0 Å². The molecule has 15 aliphatic rings. The van der Waals surface area contributed by atoms with Crippen molar-refractivity contribution in [3.05, 3.63) is 147 Å². The van der Waals surface area contributed by atoms with Gasteiger partial charge in [-0.2, -0.15) is 0 Å². The third-order valence-corrected chi connectivity index (χ3v) is 29.8. The maximum Gasteiger partial charge on any atom is 0.261 e. The number of amides is 20. The summed E-state index contributed by atoms with van der Waals surface area (Å²) in [4.78, 5) is 309. The quantitative estimate of drug-likeness (QED) is 0.0878. The van der Waals surface area contributed by atoms with E-state index in [1.165, 1.54) is 74.8 Å². The molecule has 21 rings (SSSR count). The zero-order chi connectivity index (χ0) is 107. The van der Waals surface area contributed by atoms with Crippen LogP contribution in [0.15, 0.2) is 85.9 Å². The zero-order valence-corrected chi connectivity index (χ0v) is 87.3. The summed E-state index contributed by atoms with van der Waals surface area (Å²) in [6.45, 7) is 53.6. The van der Waals surface area contributed by atoms with Gasteiger partial charge < -0.3 is 0 Å². The molecular formula is C108H132N12O24. The molecule has 6 aromatic rings. The molecule has 4 aromatic carbocycles. The zero-order valence-electron chi connectivity index (χ0n) is 87.3. The second-order valence-electron chi connectivity index (χ2n) is 44.1. The van der Waals surface area contributed by atoms with E-state index in [2.05, 4.69) is 33.0 Å². The fraction of sp³-hybridized carbons (Fsp3) is 0.556.